The molecule has 0 saturated heterocycles. The molecule has 0 aliphatic carbocycles. The lowest BCUT2D eigenvalue weighted by atomic mass is 10.1. The Kier molecular flexibility index (Phi) is 5.22. The number of rotatable bonds is 5. The minimum atomic E-state index is -0.517. The maximum absolute atomic E-state index is 10.6. The van der Waals surface area contributed by atoms with Gasteiger partial charge in [0.25, 0.3) is 5.24 Å². The SMILES string of the molecule is O=C(Cl)COc1ccc(/C=C/c2ccc(Cl)cc2)cc1. The van der Waals surface area contributed by atoms with Crippen LogP contribution in [-0.2, 0) is 4.79 Å². The van der Waals surface area contributed by atoms with Crippen LogP contribution in [0.2, 0.25) is 5.02 Å². The largest absolute Gasteiger partial charge is 0.484 e. The van der Waals surface area contributed by atoms with Crippen molar-refractivity contribution < 1.29 is 9.53 Å². The lowest BCUT2D eigenvalue weighted by molar-refractivity contribution is -0.113. The number of carbonyl (C=O) groups is 1. The van der Waals surface area contributed by atoms with E-state index in [1.807, 2.05) is 48.6 Å². The fourth-order valence-corrected chi connectivity index (χ4v) is 1.76. The fourth-order valence-electron chi connectivity index (χ4n) is 1.58. The zero-order chi connectivity index (χ0) is 14.4. The number of benzene rings is 2. The monoisotopic (exact) mass is 306 g/mol. The van der Waals surface area contributed by atoms with Gasteiger partial charge in [-0.05, 0) is 47.0 Å². The molecule has 102 valence electrons. The molecule has 2 nitrogen and oxygen atoms in total. The second-order valence-electron chi connectivity index (χ2n) is 4.10. The van der Waals surface area contributed by atoms with Gasteiger partial charge < -0.3 is 4.74 Å². The Labute approximate surface area is 127 Å². The first-order chi connectivity index (χ1) is 9.63. The lowest BCUT2D eigenvalue weighted by Crippen LogP contribution is -2.03. The van der Waals surface area contributed by atoms with E-state index in [4.69, 9.17) is 27.9 Å². The third-order valence-electron chi connectivity index (χ3n) is 2.57. The molecule has 0 atom stereocenters. The van der Waals surface area contributed by atoms with E-state index in [2.05, 4.69) is 0 Å². The molecule has 0 fully saturated rings. The lowest BCUT2D eigenvalue weighted by Gasteiger charge is -2.02. The van der Waals surface area contributed by atoms with Gasteiger partial charge in [-0.3, -0.25) is 4.79 Å². The molecular formula is C16H12Cl2O2. The molecule has 2 aromatic carbocycles. The smallest absolute Gasteiger partial charge is 0.259 e. The maximum atomic E-state index is 10.6. The van der Waals surface area contributed by atoms with E-state index in [9.17, 15) is 4.79 Å². The van der Waals surface area contributed by atoms with Crippen LogP contribution in [0.15, 0.2) is 48.5 Å². The van der Waals surface area contributed by atoms with Crippen molar-refractivity contribution in [1.29, 1.82) is 0 Å². The number of hydrogen-bond donors (Lipinski definition) is 0. The average molecular weight is 307 g/mol. The van der Waals surface area contributed by atoms with Crippen molar-refractivity contribution >= 4 is 40.6 Å². The molecule has 0 unspecified atom stereocenters. The minimum absolute atomic E-state index is 0.123. The van der Waals surface area contributed by atoms with Crippen LogP contribution in [0.5, 0.6) is 5.75 Å². The molecule has 2 aromatic rings. The zero-order valence-corrected chi connectivity index (χ0v) is 12.1. The van der Waals surface area contributed by atoms with Crippen LogP contribution >= 0.6 is 23.2 Å². The van der Waals surface area contributed by atoms with E-state index in [0.717, 1.165) is 16.1 Å². The van der Waals surface area contributed by atoms with Crippen LogP contribution in [0.3, 0.4) is 0 Å². The fraction of sp³-hybridized carbons (Fsp3) is 0.0625. The number of halogens is 2. The first-order valence-electron chi connectivity index (χ1n) is 5.98. The highest BCUT2D eigenvalue weighted by molar-refractivity contribution is 6.63. The highest BCUT2D eigenvalue weighted by atomic mass is 35.5. The topological polar surface area (TPSA) is 26.3 Å². The van der Waals surface area contributed by atoms with Crippen LogP contribution < -0.4 is 4.74 Å². The van der Waals surface area contributed by atoms with E-state index < -0.39 is 5.24 Å². The Balaban J connectivity index is 1.99. The van der Waals surface area contributed by atoms with Crippen molar-refractivity contribution in [3.05, 3.63) is 64.7 Å². The minimum Gasteiger partial charge on any atom is -0.484 e. The van der Waals surface area contributed by atoms with Gasteiger partial charge in [-0.1, -0.05) is 48.0 Å². The quantitative estimate of drug-likeness (QED) is 0.593. The van der Waals surface area contributed by atoms with Gasteiger partial charge in [0.15, 0.2) is 6.61 Å². The summed E-state index contributed by atoms with van der Waals surface area (Å²) in [5.41, 5.74) is 2.10. The Morgan fingerprint density at radius 2 is 1.45 bits per heavy atom. The average Bonchev–Trinajstić information content (AvgIpc) is 2.45. The normalized spacial score (nSPS) is 10.7. The van der Waals surface area contributed by atoms with Gasteiger partial charge in [0.2, 0.25) is 0 Å². The van der Waals surface area contributed by atoms with Crippen LogP contribution in [0.25, 0.3) is 12.2 Å². The summed E-state index contributed by atoms with van der Waals surface area (Å²) in [6, 6.07) is 15.0. The first kappa shape index (κ1) is 14.6. The van der Waals surface area contributed by atoms with Crippen LogP contribution in [0, 0.1) is 0 Å². The molecular weight excluding hydrogens is 295 g/mol. The van der Waals surface area contributed by atoms with Crippen molar-refractivity contribution in [2.45, 2.75) is 0 Å². The zero-order valence-electron chi connectivity index (χ0n) is 10.6. The van der Waals surface area contributed by atoms with Gasteiger partial charge in [-0.25, -0.2) is 0 Å². The molecule has 2 rings (SSSR count). The summed E-state index contributed by atoms with van der Waals surface area (Å²) in [6.45, 7) is -0.123. The van der Waals surface area contributed by atoms with Gasteiger partial charge in [0.1, 0.15) is 5.75 Å². The van der Waals surface area contributed by atoms with Gasteiger partial charge in [-0.15, -0.1) is 0 Å². The molecule has 0 spiro atoms. The van der Waals surface area contributed by atoms with E-state index in [0.29, 0.717) is 5.75 Å². The number of hydrogen-bond acceptors (Lipinski definition) is 2. The predicted octanol–water partition coefficient (Wildman–Crippen LogP) is 4.65. The number of carbonyl (C=O) groups excluding carboxylic acids is 1. The van der Waals surface area contributed by atoms with E-state index in [1.165, 1.54) is 0 Å². The van der Waals surface area contributed by atoms with Gasteiger partial charge in [0.05, 0.1) is 0 Å². The molecule has 0 aliphatic heterocycles. The standard InChI is InChI=1S/C16H12Cl2O2/c17-14-7-3-12(4-8-14)1-2-13-5-9-15(10-6-13)20-11-16(18)19/h1-10H,11H2/b2-1+. The van der Waals surface area contributed by atoms with Crippen molar-refractivity contribution in [2.75, 3.05) is 6.61 Å². The summed E-state index contributed by atoms with van der Waals surface area (Å²) in [7, 11) is 0. The summed E-state index contributed by atoms with van der Waals surface area (Å²) >= 11 is 11.0. The summed E-state index contributed by atoms with van der Waals surface area (Å²) in [4.78, 5) is 10.6. The summed E-state index contributed by atoms with van der Waals surface area (Å²) in [6.07, 6.45) is 3.98. The second kappa shape index (κ2) is 7.13. The summed E-state index contributed by atoms with van der Waals surface area (Å²) in [5.74, 6) is 0.614. The third-order valence-corrected chi connectivity index (χ3v) is 2.93. The Morgan fingerprint density at radius 3 is 1.95 bits per heavy atom. The second-order valence-corrected chi connectivity index (χ2v) is 4.96. The van der Waals surface area contributed by atoms with Crippen molar-refractivity contribution in [3.63, 3.8) is 0 Å². The summed E-state index contributed by atoms with van der Waals surface area (Å²) < 4.78 is 5.18. The van der Waals surface area contributed by atoms with E-state index in [1.54, 1.807) is 12.1 Å². The predicted molar refractivity (Wildman–Crippen MR) is 83.2 cm³/mol. The Bertz CT molecular complexity index is 601. The van der Waals surface area contributed by atoms with Crippen LogP contribution in [0.4, 0.5) is 0 Å². The molecule has 0 heterocycles. The van der Waals surface area contributed by atoms with E-state index >= 15 is 0 Å². The summed E-state index contributed by atoms with van der Waals surface area (Å²) in [5, 5.41) is 0.203. The highest BCUT2D eigenvalue weighted by Gasteiger charge is 1.98. The van der Waals surface area contributed by atoms with Crippen molar-refractivity contribution in [3.8, 4) is 5.75 Å². The molecule has 4 heteroatoms. The highest BCUT2D eigenvalue weighted by Crippen LogP contribution is 2.16. The molecule has 0 N–H and O–H groups in total. The van der Waals surface area contributed by atoms with Gasteiger partial charge in [-0.2, -0.15) is 0 Å². The molecule has 0 bridgehead atoms. The van der Waals surface area contributed by atoms with Gasteiger partial charge >= 0.3 is 0 Å². The van der Waals surface area contributed by atoms with Crippen LogP contribution in [0.1, 0.15) is 11.1 Å². The van der Waals surface area contributed by atoms with Gasteiger partial charge in [0, 0.05) is 5.02 Å². The molecule has 0 amide bonds. The molecule has 0 radical (unpaired) electrons. The van der Waals surface area contributed by atoms with Crippen molar-refractivity contribution in [2.24, 2.45) is 0 Å². The first-order valence-corrected chi connectivity index (χ1v) is 6.74. The molecule has 20 heavy (non-hydrogen) atoms. The van der Waals surface area contributed by atoms with E-state index in [-0.39, 0.29) is 6.61 Å². The number of ether oxygens (including phenoxy) is 1. The molecule has 0 aromatic heterocycles. The third kappa shape index (κ3) is 4.72. The maximum Gasteiger partial charge on any atom is 0.259 e. The molecule has 0 saturated carbocycles. The molecule has 0 aliphatic rings. The Hall–Kier alpha value is -1.77. The van der Waals surface area contributed by atoms with Crippen molar-refractivity contribution in [1.82, 2.24) is 0 Å². The van der Waals surface area contributed by atoms with Crippen LogP contribution in [-0.4, -0.2) is 11.8 Å². The Morgan fingerprint density at radius 1 is 0.950 bits per heavy atom.